The van der Waals surface area contributed by atoms with Crippen molar-refractivity contribution in [1.82, 2.24) is 15.3 Å². The zero-order valence-electron chi connectivity index (χ0n) is 15.5. The molecule has 0 spiro atoms. The molecule has 0 saturated carbocycles. The van der Waals surface area contributed by atoms with Crippen LogP contribution in [0.15, 0.2) is 89.6 Å². The number of hydrogen-bond acceptors (Lipinski definition) is 4. The van der Waals surface area contributed by atoms with Gasteiger partial charge >= 0.3 is 0 Å². The van der Waals surface area contributed by atoms with E-state index in [1.54, 1.807) is 18.5 Å². The zero-order valence-corrected chi connectivity index (χ0v) is 15.5. The molecule has 0 atom stereocenters. The van der Waals surface area contributed by atoms with E-state index in [4.69, 9.17) is 4.42 Å². The highest BCUT2D eigenvalue weighted by Crippen LogP contribution is 2.24. The number of pyridine rings is 1. The Kier molecular flexibility index (Phi) is 4.26. The number of oxazole rings is 1. The van der Waals surface area contributed by atoms with Crippen LogP contribution in [0.25, 0.3) is 33.3 Å². The highest BCUT2D eigenvalue weighted by Gasteiger charge is 2.10. The highest BCUT2D eigenvalue weighted by atomic mass is 16.3. The van der Waals surface area contributed by atoms with E-state index >= 15 is 0 Å². The van der Waals surface area contributed by atoms with E-state index in [2.05, 4.69) is 15.3 Å². The molecule has 29 heavy (non-hydrogen) atoms. The second kappa shape index (κ2) is 7.20. The molecule has 5 rings (SSSR count). The van der Waals surface area contributed by atoms with Gasteiger partial charge in [-0.3, -0.25) is 9.78 Å². The van der Waals surface area contributed by atoms with Crippen molar-refractivity contribution in [3.05, 3.63) is 96.3 Å². The molecule has 1 N–H and O–H groups in total. The summed E-state index contributed by atoms with van der Waals surface area (Å²) >= 11 is 0. The van der Waals surface area contributed by atoms with E-state index in [1.165, 1.54) is 0 Å². The van der Waals surface area contributed by atoms with Gasteiger partial charge < -0.3 is 9.73 Å². The smallest absolute Gasteiger partial charge is 0.252 e. The van der Waals surface area contributed by atoms with Crippen molar-refractivity contribution in [2.24, 2.45) is 0 Å². The number of amides is 1. The number of nitrogens with one attached hydrogen (secondary N) is 1. The van der Waals surface area contributed by atoms with Crippen molar-refractivity contribution in [1.29, 1.82) is 0 Å². The summed E-state index contributed by atoms with van der Waals surface area (Å²) in [6.07, 6.45) is 3.36. The van der Waals surface area contributed by atoms with Crippen molar-refractivity contribution < 1.29 is 9.21 Å². The second-order valence-electron chi connectivity index (χ2n) is 6.77. The van der Waals surface area contributed by atoms with Gasteiger partial charge in [-0.05, 0) is 34.5 Å². The number of benzene rings is 3. The Morgan fingerprint density at radius 2 is 1.76 bits per heavy atom. The zero-order chi connectivity index (χ0) is 19.6. The Labute approximate surface area is 167 Å². The third kappa shape index (κ3) is 3.34. The molecule has 0 unspecified atom stereocenters. The van der Waals surface area contributed by atoms with Crippen molar-refractivity contribution in [2.45, 2.75) is 6.54 Å². The summed E-state index contributed by atoms with van der Waals surface area (Å²) in [4.78, 5) is 21.2. The molecule has 3 aromatic carbocycles. The van der Waals surface area contributed by atoms with Gasteiger partial charge in [0.05, 0.1) is 6.20 Å². The first-order chi connectivity index (χ1) is 14.3. The van der Waals surface area contributed by atoms with Gasteiger partial charge in [-0.1, -0.05) is 48.5 Å². The van der Waals surface area contributed by atoms with Gasteiger partial charge in [-0.15, -0.1) is 0 Å². The molecule has 0 fully saturated rings. The third-order valence-corrected chi connectivity index (χ3v) is 4.88. The minimum atomic E-state index is -0.0858. The Balaban J connectivity index is 1.31. The van der Waals surface area contributed by atoms with Gasteiger partial charge in [0.1, 0.15) is 5.52 Å². The number of carbonyl (C=O) groups excluding carboxylic acids is 1. The van der Waals surface area contributed by atoms with Crippen LogP contribution in [-0.4, -0.2) is 15.9 Å². The van der Waals surface area contributed by atoms with E-state index in [1.807, 2.05) is 66.7 Å². The Hall–Kier alpha value is -3.99. The fraction of sp³-hybridized carbons (Fsp3) is 0.0417. The second-order valence-corrected chi connectivity index (χ2v) is 6.77. The quantitative estimate of drug-likeness (QED) is 0.478. The Morgan fingerprint density at radius 3 is 2.62 bits per heavy atom. The van der Waals surface area contributed by atoms with Gasteiger partial charge in [0.15, 0.2) is 5.58 Å². The van der Waals surface area contributed by atoms with Crippen LogP contribution < -0.4 is 5.32 Å². The lowest BCUT2D eigenvalue weighted by Gasteiger charge is -2.08. The molecule has 5 nitrogen and oxygen atoms in total. The van der Waals surface area contributed by atoms with Gasteiger partial charge in [0, 0.05) is 29.9 Å². The summed E-state index contributed by atoms with van der Waals surface area (Å²) < 4.78 is 5.77. The van der Waals surface area contributed by atoms with Gasteiger partial charge in [0.25, 0.3) is 5.91 Å². The van der Waals surface area contributed by atoms with Crippen LogP contribution in [0.3, 0.4) is 0 Å². The average molecular weight is 379 g/mol. The summed E-state index contributed by atoms with van der Waals surface area (Å²) in [5, 5.41) is 5.01. The number of hydrogen-bond donors (Lipinski definition) is 1. The molecule has 0 bridgehead atoms. The van der Waals surface area contributed by atoms with E-state index in [0.717, 1.165) is 27.4 Å². The maximum atomic E-state index is 12.7. The van der Waals surface area contributed by atoms with Crippen molar-refractivity contribution in [3.8, 4) is 11.5 Å². The minimum Gasteiger partial charge on any atom is -0.436 e. The summed E-state index contributed by atoms with van der Waals surface area (Å²) in [7, 11) is 0. The summed E-state index contributed by atoms with van der Waals surface area (Å²) in [5.41, 5.74) is 4.00. The van der Waals surface area contributed by atoms with Crippen LogP contribution in [0.4, 0.5) is 0 Å². The number of carbonyl (C=O) groups is 1. The molecule has 1 amide bonds. The van der Waals surface area contributed by atoms with Gasteiger partial charge in [0.2, 0.25) is 5.89 Å². The van der Waals surface area contributed by atoms with Crippen LogP contribution >= 0.6 is 0 Å². The van der Waals surface area contributed by atoms with E-state index < -0.39 is 0 Å². The average Bonchev–Trinajstić information content (AvgIpc) is 3.22. The van der Waals surface area contributed by atoms with Crippen LogP contribution in [0.2, 0.25) is 0 Å². The Morgan fingerprint density at radius 1 is 0.931 bits per heavy atom. The topological polar surface area (TPSA) is 68.0 Å². The summed E-state index contributed by atoms with van der Waals surface area (Å²) in [5.74, 6) is 0.469. The fourth-order valence-corrected chi connectivity index (χ4v) is 3.37. The lowest BCUT2D eigenvalue weighted by atomic mass is 10.0. The monoisotopic (exact) mass is 379 g/mol. The first-order valence-electron chi connectivity index (χ1n) is 9.34. The molecule has 2 aromatic heterocycles. The maximum Gasteiger partial charge on any atom is 0.252 e. The standard InChI is InChI=1S/C24H17N3O2/c28-23(20-7-3-5-17-4-1-2-6-19(17)20)26-14-16-8-10-18(11-9-16)24-27-21-15-25-13-12-22(21)29-24/h1-13,15H,14H2,(H,26,28). The van der Waals surface area contributed by atoms with Crippen molar-refractivity contribution >= 4 is 27.8 Å². The lowest BCUT2D eigenvalue weighted by Crippen LogP contribution is -2.22. The molecule has 0 saturated heterocycles. The SMILES string of the molecule is O=C(NCc1ccc(-c2nc3cnccc3o2)cc1)c1cccc2ccccc12. The number of rotatable bonds is 4. The Bertz CT molecular complexity index is 1280. The van der Waals surface area contributed by atoms with E-state index in [0.29, 0.717) is 23.6 Å². The maximum absolute atomic E-state index is 12.7. The first-order valence-corrected chi connectivity index (χ1v) is 9.34. The van der Waals surface area contributed by atoms with Gasteiger partial charge in [-0.25, -0.2) is 4.98 Å². The molecule has 5 aromatic rings. The van der Waals surface area contributed by atoms with Gasteiger partial charge in [-0.2, -0.15) is 0 Å². The predicted molar refractivity (Wildman–Crippen MR) is 112 cm³/mol. The highest BCUT2D eigenvalue weighted by molar-refractivity contribution is 6.06. The molecule has 140 valence electrons. The minimum absolute atomic E-state index is 0.0858. The van der Waals surface area contributed by atoms with E-state index in [9.17, 15) is 4.79 Å². The molecule has 2 heterocycles. The largest absolute Gasteiger partial charge is 0.436 e. The van der Waals surface area contributed by atoms with Crippen LogP contribution in [0.5, 0.6) is 0 Å². The van der Waals surface area contributed by atoms with Crippen molar-refractivity contribution in [2.75, 3.05) is 0 Å². The van der Waals surface area contributed by atoms with Crippen LogP contribution in [0.1, 0.15) is 15.9 Å². The molecule has 0 radical (unpaired) electrons. The van der Waals surface area contributed by atoms with Crippen molar-refractivity contribution in [3.63, 3.8) is 0 Å². The number of fused-ring (bicyclic) bond motifs is 2. The predicted octanol–water partition coefficient (Wildman–Crippen LogP) is 4.97. The molecule has 5 heteroatoms. The molecular formula is C24H17N3O2. The summed E-state index contributed by atoms with van der Waals surface area (Å²) in [6.45, 7) is 0.444. The molecule has 0 aliphatic rings. The fourth-order valence-electron chi connectivity index (χ4n) is 3.37. The molecule has 0 aliphatic carbocycles. The molecular weight excluding hydrogens is 362 g/mol. The summed E-state index contributed by atoms with van der Waals surface area (Å²) in [6, 6.07) is 23.3. The first kappa shape index (κ1) is 17.1. The van der Waals surface area contributed by atoms with Crippen LogP contribution in [-0.2, 0) is 6.54 Å². The number of nitrogens with zero attached hydrogens (tertiary/aromatic N) is 2. The van der Waals surface area contributed by atoms with E-state index in [-0.39, 0.29) is 5.91 Å². The number of aromatic nitrogens is 2. The van der Waals surface area contributed by atoms with Crippen LogP contribution in [0, 0.1) is 0 Å². The normalized spacial score (nSPS) is 11.0. The third-order valence-electron chi connectivity index (χ3n) is 4.88. The molecule has 0 aliphatic heterocycles. The lowest BCUT2D eigenvalue weighted by molar-refractivity contribution is 0.0952.